The molecule has 2 N–H and O–H groups in total. The van der Waals surface area contributed by atoms with Crippen molar-refractivity contribution in [3.8, 4) is 5.75 Å². The topological polar surface area (TPSA) is 35.2 Å². The van der Waals surface area contributed by atoms with Gasteiger partial charge in [0, 0.05) is 27.5 Å². The molecule has 0 bridgehead atoms. The molecular formula is C15H12BrCl2NO. The molecule has 1 aliphatic rings. The van der Waals surface area contributed by atoms with E-state index in [9.17, 15) is 0 Å². The predicted octanol–water partition coefficient (Wildman–Crippen LogP) is 5.28. The van der Waals surface area contributed by atoms with Crippen LogP contribution in [0.4, 0.5) is 0 Å². The van der Waals surface area contributed by atoms with Crippen LogP contribution in [0.5, 0.6) is 5.75 Å². The number of ether oxygens (including phenoxy) is 1. The van der Waals surface area contributed by atoms with Gasteiger partial charge >= 0.3 is 0 Å². The van der Waals surface area contributed by atoms with Crippen LogP contribution in [-0.2, 0) is 0 Å². The van der Waals surface area contributed by atoms with E-state index >= 15 is 0 Å². The van der Waals surface area contributed by atoms with E-state index < -0.39 is 0 Å². The van der Waals surface area contributed by atoms with E-state index in [1.807, 2.05) is 36.4 Å². The van der Waals surface area contributed by atoms with Gasteiger partial charge in [-0.1, -0.05) is 29.3 Å². The van der Waals surface area contributed by atoms with E-state index in [1.54, 1.807) is 0 Å². The lowest BCUT2D eigenvalue weighted by atomic mass is 9.94. The molecule has 2 atom stereocenters. The third-order valence-corrected chi connectivity index (χ3v) is 4.89. The Morgan fingerprint density at radius 1 is 1.15 bits per heavy atom. The minimum Gasteiger partial charge on any atom is -0.485 e. The number of benzene rings is 2. The van der Waals surface area contributed by atoms with Crippen molar-refractivity contribution < 1.29 is 4.74 Å². The molecule has 3 rings (SSSR count). The van der Waals surface area contributed by atoms with Crippen LogP contribution < -0.4 is 10.5 Å². The summed E-state index contributed by atoms with van der Waals surface area (Å²) in [7, 11) is 0. The van der Waals surface area contributed by atoms with E-state index in [0.29, 0.717) is 16.5 Å². The average Bonchev–Trinajstić information content (AvgIpc) is 2.42. The summed E-state index contributed by atoms with van der Waals surface area (Å²) < 4.78 is 6.90. The maximum absolute atomic E-state index is 6.23. The summed E-state index contributed by atoms with van der Waals surface area (Å²) in [6.07, 6.45) is 0.606. The Kier molecular flexibility index (Phi) is 3.95. The van der Waals surface area contributed by atoms with Crippen LogP contribution in [0.3, 0.4) is 0 Å². The van der Waals surface area contributed by atoms with Crippen molar-refractivity contribution in [1.29, 1.82) is 0 Å². The minimum atomic E-state index is -0.0933. The van der Waals surface area contributed by atoms with Gasteiger partial charge in [-0.15, -0.1) is 0 Å². The fourth-order valence-corrected chi connectivity index (χ4v) is 3.01. The molecule has 0 radical (unpaired) electrons. The zero-order valence-corrected chi connectivity index (χ0v) is 13.5. The van der Waals surface area contributed by atoms with Gasteiger partial charge in [0.25, 0.3) is 0 Å². The smallest absolute Gasteiger partial charge is 0.126 e. The number of rotatable bonds is 1. The van der Waals surface area contributed by atoms with Crippen LogP contribution in [0.25, 0.3) is 0 Å². The number of hydrogen-bond acceptors (Lipinski definition) is 2. The van der Waals surface area contributed by atoms with Crippen molar-refractivity contribution in [2.75, 3.05) is 0 Å². The number of halogens is 3. The molecule has 20 heavy (non-hydrogen) atoms. The molecule has 2 nitrogen and oxygen atoms in total. The van der Waals surface area contributed by atoms with Crippen molar-refractivity contribution in [1.82, 2.24) is 0 Å². The molecule has 1 heterocycles. The summed E-state index contributed by atoms with van der Waals surface area (Å²) in [5.74, 6) is 0.789. The maximum atomic E-state index is 6.23. The van der Waals surface area contributed by atoms with Gasteiger partial charge < -0.3 is 10.5 Å². The van der Waals surface area contributed by atoms with E-state index in [-0.39, 0.29) is 12.1 Å². The molecule has 5 heteroatoms. The lowest BCUT2D eigenvalue weighted by molar-refractivity contribution is 0.161. The highest BCUT2D eigenvalue weighted by Crippen LogP contribution is 2.41. The molecule has 0 aromatic heterocycles. The van der Waals surface area contributed by atoms with E-state index in [4.69, 9.17) is 33.7 Å². The van der Waals surface area contributed by atoms with Gasteiger partial charge in [0.1, 0.15) is 11.9 Å². The molecule has 2 aromatic carbocycles. The molecular weight excluding hydrogens is 361 g/mol. The maximum Gasteiger partial charge on any atom is 0.126 e. The van der Waals surface area contributed by atoms with Crippen molar-refractivity contribution in [3.63, 3.8) is 0 Å². The highest BCUT2D eigenvalue weighted by Gasteiger charge is 2.27. The third-order valence-electron chi connectivity index (χ3n) is 3.42. The molecule has 0 spiro atoms. The fourth-order valence-electron chi connectivity index (χ4n) is 2.39. The minimum absolute atomic E-state index is 0.0927. The summed E-state index contributed by atoms with van der Waals surface area (Å²) in [4.78, 5) is 0. The van der Waals surface area contributed by atoms with Gasteiger partial charge in [0.05, 0.1) is 5.02 Å². The largest absolute Gasteiger partial charge is 0.485 e. The van der Waals surface area contributed by atoms with Crippen LogP contribution in [-0.4, -0.2) is 0 Å². The van der Waals surface area contributed by atoms with Crippen molar-refractivity contribution in [3.05, 3.63) is 62.0 Å². The zero-order chi connectivity index (χ0) is 14.3. The highest BCUT2D eigenvalue weighted by atomic mass is 79.9. The van der Waals surface area contributed by atoms with E-state index in [0.717, 1.165) is 21.3 Å². The molecule has 1 unspecified atom stereocenters. The molecule has 0 saturated carbocycles. The summed E-state index contributed by atoms with van der Waals surface area (Å²) in [6.45, 7) is 0. The Balaban J connectivity index is 1.94. The third kappa shape index (κ3) is 2.68. The Morgan fingerprint density at radius 2 is 1.95 bits per heavy atom. The van der Waals surface area contributed by atoms with Crippen LogP contribution in [0.15, 0.2) is 40.9 Å². The Hall–Kier alpha value is -0.740. The van der Waals surface area contributed by atoms with Gasteiger partial charge in [-0.25, -0.2) is 0 Å². The molecule has 0 saturated heterocycles. The SMILES string of the molecule is N[C@@H]1CC(c2ccc(Br)c(Cl)c2)Oc2ccc(Cl)cc21. The lowest BCUT2D eigenvalue weighted by Crippen LogP contribution is -2.24. The van der Waals surface area contributed by atoms with Gasteiger partial charge in [0.15, 0.2) is 0 Å². The van der Waals surface area contributed by atoms with Gasteiger partial charge in [-0.05, 0) is 51.8 Å². The molecule has 2 aromatic rings. The second-order valence-corrected chi connectivity index (χ2v) is 6.50. The normalized spacial score (nSPS) is 21.2. The van der Waals surface area contributed by atoms with Crippen LogP contribution in [0.1, 0.15) is 29.7 Å². The fraction of sp³-hybridized carbons (Fsp3) is 0.200. The summed E-state index contributed by atoms with van der Waals surface area (Å²) >= 11 is 15.5. The quantitative estimate of drug-likeness (QED) is 0.738. The lowest BCUT2D eigenvalue weighted by Gasteiger charge is -2.30. The van der Waals surface area contributed by atoms with Crippen LogP contribution >= 0.6 is 39.1 Å². The summed E-state index contributed by atoms with van der Waals surface area (Å²) in [5.41, 5.74) is 8.21. The molecule has 0 fully saturated rings. The summed E-state index contributed by atoms with van der Waals surface area (Å²) in [6, 6.07) is 11.3. The van der Waals surface area contributed by atoms with Crippen molar-refractivity contribution >= 4 is 39.1 Å². The van der Waals surface area contributed by atoms with Crippen LogP contribution in [0, 0.1) is 0 Å². The first-order chi connectivity index (χ1) is 9.54. The molecule has 0 aliphatic carbocycles. The summed E-state index contributed by atoms with van der Waals surface area (Å²) in [5, 5.41) is 1.34. The molecule has 104 valence electrons. The monoisotopic (exact) mass is 371 g/mol. The van der Waals surface area contributed by atoms with Crippen molar-refractivity contribution in [2.24, 2.45) is 5.73 Å². The number of nitrogens with two attached hydrogens (primary N) is 1. The standard InChI is InChI=1S/C15H12BrCl2NO/c16-11-3-1-8(5-12(11)18)15-7-13(19)10-6-9(17)2-4-14(10)20-15/h1-6,13,15H,7,19H2/t13-,15?/m1/s1. The average molecular weight is 373 g/mol. The Labute approximate surface area is 136 Å². The van der Waals surface area contributed by atoms with Crippen molar-refractivity contribution in [2.45, 2.75) is 18.6 Å². The predicted molar refractivity (Wildman–Crippen MR) is 85.5 cm³/mol. The molecule has 0 amide bonds. The first-order valence-electron chi connectivity index (χ1n) is 6.21. The Morgan fingerprint density at radius 3 is 2.70 bits per heavy atom. The van der Waals surface area contributed by atoms with Gasteiger partial charge in [-0.2, -0.15) is 0 Å². The first kappa shape index (κ1) is 14.2. The van der Waals surface area contributed by atoms with Gasteiger partial charge in [-0.3, -0.25) is 0 Å². The second-order valence-electron chi connectivity index (χ2n) is 4.80. The number of hydrogen-bond donors (Lipinski definition) is 1. The van der Waals surface area contributed by atoms with Crippen LogP contribution in [0.2, 0.25) is 10.0 Å². The van der Waals surface area contributed by atoms with E-state index in [2.05, 4.69) is 15.9 Å². The van der Waals surface area contributed by atoms with Gasteiger partial charge in [0.2, 0.25) is 0 Å². The number of fused-ring (bicyclic) bond motifs is 1. The van der Waals surface area contributed by atoms with E-state index in [1.165, 1.54) is 0 Å². The Bertz CT molecular complexity index is 662. The zero-order valence-electron chi connectivity index (χ0n) is 10.4. The molecule has 1 aliphatic heterocycles. The second kappa shape index (κ2) is 5.57. The highest BCUT2D eigenvalue weighted by molar-refractivity contribution is 9.10. The first-order valence-corrected chi connectivity index (χ1v) is 7.76.